The lowest BCUT2D eigenvalue weighted by molar-refractivity contribution is -0.131. The van der Waals surface area contributed by atoms with E-state index >= 15 is 0 Å². The van der Waals surface area contributed by atoms with Crippen molar-refractivity contribution in [1.82, 2.24) is 10.2 Å². The fourth-order valence-electron chi connectivity index (χ4n) is 3.41. The van der Waals surface area contributed by atoms with Gasteiger partial charge in [0.1, 0.15) is 6.17 Å². The van der Waals surface area contributed by atoms with Crippen LogP contribution in [0.1, 0.15) is 44.8 Å². The zero-order valence-electron chi connectivity index (χ0n) is 11.6. The Balaban J connectivity index is 1.79. The first-order valence-corrected chi connectivity index (χ1v) is 8.17. The van der Waals surface area contributed by atoms with Gasteiger partial charge >= 0.3 is 0 Å². The van der Waals surface area contributed by atoms with Crippen LogP contribution in [0.15, 0.2) is 16.8 Å². The SMILES string of the molecule is CC1CCC(N2C(=O)CNC2c2ccsc2)CC1C. The molecule has 1 amide bonds. The fraction of sp³-hybridized carbons (Fsp3) is 0.667. The van der Waals surface area contributed by atoms with Crippen LogP contribution in [0.2, 0.25) is 0 Å². The van der Waals surface area contributed by atoms with Gasteiger partial charge in [-0.3, -0.25) is 10.1 Å². The van der Waals surface area contributed by atoms with Gasteiger partial charge in [-0.25, -0.2) is 0 Å². The molecule has 1 saturated carbocycles. The van der Waals surface area contributed by atoms with E-state index in [1.54, 1.807) is 11.3 Å². The second-order valence-electron chi connectivity index (χ2n) is 6.06. The van der Waals surface area contributed by atoms with Gasteiger partial charge in [-0.15, -0.1) is 0 Å². The molecule has 0 spiro atoms. The minimum Gasteiger partial charge on any atom is -0.319 e. The molecule has 1 N–H and O–H groups in total. The molecule has 0 bridgehead atoms. The van der Waals surface area contributed by atoms with E-state index in [0.29, 0.717) is 12.6 Å². The molecule has 3 rings (SSSR count). The number of rotatable bonds is 2. The third kappa shape index (κ3) is 2.43. The highest BCUT2D eigenvalue weighted by Crippen LogP contribution is 2.36. The Morgan fingerprint density at radius 1 is 1.32 bits per heavy atom. The van der Waals surface area contributed by atoms with Crippen LogP contribution >= 0.6 is 11.3 Å². The smallest absolute Gasteiger partial charge is 0.238 e. The first-order valence-electron chi connectivity index (χ1n) is 7.23. The molecule has 1 aromatic heterocycles. The standard InChI is InChI=1S/C15H22N2OS/c1-10-3-4-13(7-11(10)2)17-14(18)8-16-15(17)12-5-6-19-9-12/h5-6,9-11,13,15-16H,3-4,7-8H2,1-2H3. The summed E-state index contributed by atoms with van der Waals surface area (Å²) in [5, 5.41) is 7.60. The molecule has 104 valence electrons. The summed E-state index contributed by atoms with van der Waals surface area (Å²) in [6.07, 6.45) is 3.64. The van der Waals surface area contributed by atoms with Gasteiger partial charge in [0.25, 0.3) is 0 Å². The second kappa shape index (κ2) is 5.25. The minimum atomic E-state index is 0.101. The number of nitrogens with zero attached hydrogens (tertiary/aromatic N) is 1. The molecule has 2 aliphatic rings. The Morgan fingerprint density at radius 2 is 2.16 bits per heavy atom. The van der Waals surface area contributed by atoms with Gasteiger partial charge in [0.2, 0.25) is 5.91 Å². The lowest BCUT2D eigenvalue weighted by Crippen LogP contribution is -2.43. The molecule has 0 radical (unpaired) electrons. The van der Waals surface area contributed by atoms with E-state index in [2.05, 4.69) is 40.9 Å². The zero-order chi connectivity index (χ0) is 13.4. The first-order chi connectivity index (χ1) is 9.16. The van der Waals surface area contributed by atoms with Crippen molar-refractivity contribution in [2.45, 2.75) is 45.3 Å². The largest absolute Gasteiger partial charge is 0.319 e. The molecule has 1 saturated heterocycles. The van der Waals surface area contributed by atoms with Crippen molar-refractivity contribution >= 4 is 17.2 Å². The number of nitrogens with one attached hydrogen (secondary N) is 1. The first kappa shape index (κ1) is 13.1. The molecule has 4 heteroatoms. The molecular weight excluding hydrogens is 256 g/mol. The molecule has 4 unspecified atom stereocenters. The van der Waals surface area contributed by atoms with Gasteiger partial charge in [0.05, 0.1) is 6.54 Å². The van der Waals surface area contributed by atoms with E-state index in [1.165, 1.54) is 12.0 Å². The van der Waals surface area contributed by atoms with Crippen LogP contribution in [0.4, 0.5) is 0 Å². The molecule has 2 heterocycles. The molecule has 19 heavy (non-hydrogen) atoms. The Hall–Kier alpha value is -0.870. The van der Waals surface area contributed by atoms with Crippen molar-refractivity contribution in [3.63, 3.8) is 0 Å². The van der Waals surface area contributed by atoms with Gasteiger partial charge in [0.15, 0.2) is 0 Å². The summed E-state index contributed by atoms with van der Waals surface area (Å²) in [6.45, 7) is 5.15. The second-order valence-corrected chi connectivity index (χ2v) is 6.84. The lowest BCUT2D eigenvalue weighted by Gasteiger charge is -2.39. The van der Waals surface area contributed by atoms with Gasteiger partial charge in [-0.1, -0.05) is 13.8 Å². The van der Waals surface area contributed by atoms with Crippen LogP contribution in [0.25, 0.3) is 0 Å². The number of amides is 1. The Bertz CT molecular complexity index is 445. The van der Waals surface area contributed by atoms with Crippen LogP contribution in [0, 0.1) is 11.8 Å². The van der Waals surface area contributed by atoms with E-state index < -0.39 is 0 Å². The van der Waals surface area contributed by atoms with Crippen LogP contribution in [0.5, 0.6) is 0 Å². The molecule has 0 aromatic carbocycles. The maximum atomic E-state index is 12.2. The minimum absolute atomic E-state index is 0.101. The van der Waals surface area contributed by atoms with Crippen molar-refractivity contribution in [3.05, 3.63) is 22.4 Å². The van der Waals surface area contributed by atoms with Crippen molar-refractivity contribution < 1.29 is 4.79 Å². The predicted molar refractivity (Wildman–Crippen MR) is 77.9 cm³/mol. The van der Waals surface area contributed by atoms with Crippen molar-refractivity contribution in [2.75, 3.05) is 6.54 Å². The third-order valence-corrected chi connectivity index (χ3v) is 5.54. The average Bonchev–Trinajstić information content (AvgIpc) is 3.01. The molecule has 1 aliphatic carbocycles. The Kier molecular flexibility index (Phi) is 3.63. The molecule has 2 fully saturated rings. The predicted octanol–water partition coefficient (Wildman–Crippen LogP) is 3.00. The van der Waals surface area contributed by atoms with E-state index in [9.17, 15) is 4.79 Å². The van der Waals surface area contributed by atoms with Crippen molar-refractivity contribution in [3.8, 4) is 0 Å². The summed E-state index contributed by atoms with van der Waals surface area (Å²) in [7, 11) is 0. The van der Waals surface area contributed by atoms with Crippen LogP contribution in [-0.4, -0.2) is 23.4 Å². The normalized spacial score (nSPS) is 35.9. The highest BCUT2D eigenvalue weighted by Gasteiger charge is 2.39. The molecule has 3 nitrogen and oxygen atoms in total. The highest BCUT2D eigenvalue weighted by molar-refractivity contribution is 7.07. The van der Waals surface area contributed by atoms with E-state index in [0.717, 1.165) is 24.7 Å². The maximum Gasteiger partial charge on any atom is 0.238 e. The van der Waals surface area contributed by atoms with Gasteiger partial charge in [0, 0.05) is 6.04 Å². The monoisotopic (exact) mass is 278 g/mol. The highest BCUT2D eigenvalue weighted by atomic mass is 32.1. The Morgan fingerprint density at radius 3 is 2.84 bits per heavy atom. The van der Waals surface area contributed by atoms with Gasteiger partial charge < -0.3 is 4.90 Å². The molecular formula is C15H22N2OS. The average molecular weight is 278 g/mol. The van der Waals surface area contributed by atoms with Crippen LogP contribution in [-0.2, 0) is 4.79 Å². The maximum absolute atomic E-state index is 12.2. The number of thiophene rings is 1. The van der Waals surface area contributed by atoms with E-state index in [1.807, 2.05) is 0 Å². The van der Waals surface area contributed by atoms with Crippen LogP contribution in [0.3, 0.4) is 0 Å². The number of hydrogen-bond donors (Lipinski definition) is 1. The molecule has 1 aromatic rings. The summed E-state index contributed by atoms with van der Waals surface area (Å²) >= 11 is 1.70. The zero-order valence-corrected chi connectivity index (χ0v) is 12.5. The summed E-state index contributed by atoms with van der Waals surface area (Å²) in [6, 6.07) is 2.54. The number of hydrogen-bond acceptors (Lipinski definition) is 3. The Labute approximate surface area is 119 Å². The van der Waals surface area contributed by atoms with Crippen molar-refractivity contribution in [1.29, 1.82) is 0 Å². The van der Waals surface area contributed by atoms with Crippen LogP contribution < -0.4 is 5.32 Å². The van der Waals surface area contributed by atoms with E-state index in [4.69, 9.17) is 0 Å². The summed E-state index contributed by atoms with van der Waals surface area (Å²) in [5.41, 5.74) is 1.24. The molecule has 1 aliphatic heterocycles. The topological polar surface area (TPSA) is 32.3 Å². The number of carbonyl (C=O) groups excluding carboxylic acids is 1. The summed E-state index contributed by atoms with van der Waals surface area (Å²) in [5.74, 6) is 1.78. The molecule has 4 atom stereocenters. The quantitative estimate of drug-likeness (QED) is 0.902. The van der Waals surface area contributed by atoms with Crippen molar-refractivity contribution in [2.24, 2.45) is 11.8 Å². The van der Waals surface area contributed by atoms with E-state index in [-0.39, 0.29) is 12.1 Å². The van der Waals surface area contributed by atoms with Gasteiger partial charge in [-0.05, 0) is 53.5 Å². The van der Waals surface area contributed by atoms with Gasteiger partial charge in [-0.2, -0.15) is 11.3 Å². The fourth-order valence-corrected chi connectivity index (χ4v) is 4.09. The number of carbonyl (C=O) groups is 1. The lowest BCUT2D eigenvalue weighted by atomic mass is 9.78. The summed E-state index contributed by atoms with van der Waals surface area (Å²) < 4.78 is 0. The summed E-state index contributed by atoms with van der Waals surface area (Å²) in [4.78, 5) is 14.3. The third-order valence-electron chi connectivity index (χ3n) is 4.84.